The number of rotatable bonds is 2. The van der Waals surface area contributed by atoms with Crippen molar-refractivity contribution >= 4 is 10.8 Å². The molecule has 108 valence electrons. The molecule has 3 rings (SSSR count). The van der Waals surface area contributed by atoms with E-state index in [2.05, 4.69) is 11.1 Å². The lowest BCUT2D eigenvalue weighted by Gasteiger charge is -2.13. The first-order valence-electron chi connectivity index (χ1n) is 6.86. The van der Waals surface area contributed by atoms with Gasteiger partial charge >= 0.3 is 0 Å². The van der Waals surface area contributed by atoms with E-state index in [1.165, 1.54) is 6.92 Å². The van der Waals surface area contributed by atoms with E-state index in [1.54, 1.807) is 18.3 Å². The van der Waals surface area contributed by atoms with Crippen LogP contribution < -0.4 is 0 Å². The Balaban J connectivity index is 2.20. The molecule has 0 saturated heterocycles. The van der Waals surface area contributed by atoms with Crippen LogP contribution in [0.5, 0.6) is 0 Å². The van der Waals surface area contributed by atoms with Gasteiger partial charge < -0.3 is 5.11 Å². The summed E-state index contributed by atoms with van der Waals surface area (Å²) in [6.07, 6.45) is 1.73. The number of aliphatic hydroxyl groups excluding tert-OH is 1. The Hall–Kier alpha value is -2.77. The van der Waals surface area contributed by atoms with E-state index in [0.717, 1.165) is 22.5 Å². The molecule has 0 saturated carbocycles. The lowest BCUT2D eigenvalue weighted by molar-refractivity contribution is 0.194. The normalized spacial score (nSPS) is 12.1. The van der Waals surface area contributed by atoms with Crippen LogP contribution in [0.3, 0.4) is 0 Å². The van der Waals surface area contributed by atoms with Gasteiger partial charge in [-0.25, -0.2) is 4.39 Å². The van der Waals surface area contributed by atoms with Crippen LogP contribution in [0.2, 0.25) is 0 Å². The van der Waals surface area contributed by atoms with Crippen LogP contribution in [0.1, 0.15) is 24.2 Å². The summed E-state index contributed by atoms with van der Waals surface area (Å²) in [5.41, 5.74) is 2.18. The quantitative estimate of drug-likeness (QED) is 0.777. The highest BCUT2D eigenvalue weighted by molar-refractivity contribution is 5.88. The molecule has 1 unspecified atom stereocenters. The van der Waals surface area contributed by atoms with Crippen LogP contribution >= 0.6 is 0 Å². The molecule has 0 radical (unpaired) electrons. The van der Waals surface area contributed by atoms with E-state index in [-0.39, 0.29) is 5.56 Å². The van der Waals surface area contributed by atoms with Gasteiger partial charge in [-0.3, -0.25) is 4.98 Å². The minimum atomic E-state index is -0.922. The van der Waals surface area contributed by atoms with Crippen molar-refractivity contribution in [3.05, 3.63) is 65.7 Å². The molecule has 1 aromatic heterocycles. The smallest absolute Gasteiger partial charge is 0.147 e. The summed E-state index contributed by atoms with van der Waals surface area (Å²) < 4.78 is 13.9. The molecule has 2 aromatic carbocycles. The Labute approximate surface area is 127 Å². The Kier molecular flexibility index (Phi) is 3.58. The van der Waals surface area contributed by atoms with E-state index in [1.807, 2.05) is 24.3 Å². The average Bonchev–Trinajstić information content (AvgIpc) is 2.53. The fraction of sp³-hybridized carbons (Fsp3) is 0.111. The molecular formula is C18H13FN2O. The van der Waals surface area contributed by atoms with Gasteiger partial charge in [-0.05, 0) is 41.5 Å². The third-order valence-electron chi connectivity index (χ3n) is 3.64. The van der Waals surface area contributed by atoms with Crippen molar-refractivity contribution in [3.8, 4) is 17.2 Å². The minimum Gasteiger partial charge on any atom is -0.389 e. The molecule has 3 aromatic rings. The number of halogens is 1. The van der Waals surface area contributed by atoms with Crippen LogP contribution in [0.4, 0.5) is 4.39 Å². The highest BCUT2D eigenvalue weighted by Gasteiger charge is 2.15. The fourth-order valence-corrected chi connectivity index (χ4v) is 2.58. The molecule has 0 aliphatic rings. The molecule has 0 aliphatic carbocycles. The second kappa shape index (κ2) is 5.55. The lowest BCUT2D eigenvalue weighted by Crippen LogP contribution is -2.00. The second-order valence-electron chi connectivity index (χ2n) is 5.15. The number of aromatic nitrogens is 1. The Morgan fingerprint density at radius 2 is 1.86 bits per heavy atom. The van der Waals surface area contributed by atoms with E-state index in [0.29, 0.717) is 11.1 Å². The molecule has 4 heteroatoms. The van der Waals surface area contributed by atoms with Crippen molar-refractivity contribution in [2.24, 2.45) is 0 Å². The molecule has 1 heterocycles. The highest BCUT2D eigenvalue weighted by atomic mass is 19.1. The Bertz CT molecular complexity index is 897. The third kappa shape index (κ3) is 2.43. The van der Waals surface area contributed by atoms with Gasteiger partial charge in [-0.2, -0.15) is 5.26 Å². The lowest BCUT2D eigenvalue weighted by atomic mass is 9.96. The molecule has 1 N–H and O–H groups in total. The van der Waals surface area contributed by atoms with Crippen molar-refractivity contribution in [3.63, 3.8) is 0 Å². The number of nitriles is 1. The molecule has 3 nitrogen and oxygen atoms in total. The number of pyridine rings is 1. The maximum Gasteiger partial charge on any atom is 0.147 e. The van der Waals surface area contributed by atoms with Gasteiger partial charge in [0, 0.05) is 17.3 Å². The number of hydrogen-bond donors (Lipinski definition) is 1. The number of benzene rings is 2. The van der Waals surface area contributed by atoms with Crippen molar-refractivity contribution in [2.45, 2.75) is 13.0 Å². The van der Waals surface area contributed by atoms with Crippen molar-refractivity contribution in [1.82, 2.24) is 4.98 Å². The summed E-state index contributed by atoms with van der Waals surface area (Å²) in [5, 5.41) is 20.6. The van der Waals surface area contributed by atoms with Gasteiger partial charge in [0.25, 0.3) is 0 Å². The van der Waals surface area contributed by atoms with Crippen LogP contribution in [-0.4, -0.2) is 10.1 Å². The topological polar surface area (TPSA) is 56.9 Å². The van der Waals surface area contributed by atoms with Gasteiger partial charge in [-0.1, -0.05) is 18.2 Å². The van der Waals surface area contributed by atoms with Gasteiger partial charge in [0.05, 0.1) is 23.9 Å². The van der Waals surface area contributed by atoms with Crippen molar-refractivity contribution < 1.29 is 9.50 Å². The number of hydrogen-bond acceptors (Lipinski definition) is 3. The number of aliphatic hydroxyl groups is 1. The number of nitrogens with zero attached hydrogens (tertiary/aromatic N) is 2. The molecule has 0 bridgehead atoms. The van der Waals surface area contributed by atoms with Crippen LogP contribution in [0.25, 0.3) is 21.9 Å². The largest absolute Gasteiger partial charge is 0.389 e. The molecular weight excluding hydrogens is 279 g/mol. The first-order valence-corrected chi connectivity index (χ1v) is 6.86. The van der Waals surface area contributed by atoms with Crippen LogP contribution in [0.15, 0.2) is 48.8 Å². The van der Waals surface area contributed by atoms with E-state index >= 15 is 0 Å². The monoisotopic (exact) mass is 292 g/mol. The van der Waals surface area contributed by atoms with E-state index in [4.69, 9.17) is 5.26 Å². The molecule has 22 heavy (non-hydrogen) atoms. The summed E-state index contributed by atoms with van der Waals surface area (Å²) in [6.45, 7) is 1.53. The maximum atomic E-state index is 13.9. The van der Waals surface area contributed by atoms with Crippen LogP contribution in [0, 0.1) is 17.1 Å². The fourth-order valence-electron chi connectivity index (χ4n) is 2.58. The highest BCUT2D eigenvalue weighted by Crippen LogP contribution is 2.31. The maximum absolute atomic E-state index is 13.9. The molecule has 1 atom stereocenters. The third-order valence-corrected chi connectivity index (χ3v) is 3.64. The first kappa shape index (κ1) is 14.2. The van der Waals surface area contributed by atoms with Crippen molar-refractivity contribution in [1.29, 1.82) is 5.26 Å². The van der Waals surface area contributed by atoms with Gasteiger partial charge in [0.1, 0.15) is 5.82 Å². The summed E-state index contributed by atoms with van der Waals surface area (Å²) >= 11 is 0. The zero-order chi connectivity index (χ0) is 15.7. The van der Waals surface area contributed by atoms with E-state index < -0.39 is 11.9 Å². The molecule has 0 spiro atoms. The number of fused-ring (bicyclic) bond motifs is 1. The SMILES string of the molecule is CC(O)c1c(F)cncc1-c1ccc2cc(C#N)ccc2c1. The predicted octanol–water partition coefficient (Wildman–Crippen LogP) is 3.97. The Morgan fingerprint density at radius 1 is 1.14 bits per heavy atom. The summed E-state index contributed by atoms with van der Waals surface area (Å²) in [6, 6.07) is 13.1. The predicted molar refractivity (Wildman–Crippen MR) is 82.5 cm³/mol. The zero-order valence-corrected chi connectivity index (χ0v) is 11.9. The summed E-state index contributed by atoms with van der Waals surface area (Å²) in [7, 11) is 0. The van der Waals surface area contributed by atoms with Crippen LogP contribution in [-0.2, 0) is 0 Å². The van der Waals surface area contributed by atoms with Gasteiger partial charge in [-0.15, -0.1) is 0 Å². The second-order valence-corrected chi connectivity index (χ2v) is 5.15. The zero-order valence-electron chi connectivity index (χ0n) is 11.9. The Morgan fingerprint density at radius 3 is 2.59 bits per heavy atom. The van der Waals surface area contributed by atoms with Gasteiger partial charge in [0.15, 0.2) is 0 Å². The molecule has 0 aliphatic heterocycles. The minimum absolute atomic E-state index is 0.239. The first-order chi connectivity index (χ1) is 10.6. The molecule has 0 amide bonds. The van der Waals surface area contributed by atoms with Crippen molar-refractivity contribution in [2.75, 3.05) is 0 Å². The standard InChI is InChI=1S/C18H13FN2O/c1-11(22)18-16(9-21-10-17(18)19)15-5-4-13-6-12(8-20)2-3-14(13)7-15/h2-7,9-11,22H,1H3. The molecule has 0 fully saturated rings. The summed E-state index contributed by atoms with van der Waals surface area (Å²) in [5.74, 6) is -0.521. The summed E-state index contributed by atoms with van der Waals surface area (Å²) in [4.78, 5) is 3.88. The van der Waals surface area contributed by atoms with Gasteiger partial charge in [0.2, 0.25) is 0 Å². The average molecular weight is 292 g/mol. The van der Waals surface area contributed by atoms with E-state index in [9.17, 15) is 9.50 Å².